The summed E-state index contributed by atoms with van der Waals surface area (Å²) in [6, 6.07) is 5.23. The second-order valence-electron chi connectivity index (χ2n) is 4.70. The van der Waals surface area contributed by atoms with Gasteiger partial charge in [0.25, 0.3) is 11.6 Å². The van der Waals surface area contributed by atoms with E-state index in [0.29, 0.717) is 5.69 Å². The van der Waals surface area contributed by atoms with E-state index >= 15 is 0 Å². The first-order chi connectivity index (χ1) is 10.3. The molecule has 0 fully saturated rings. The van der Waals surface area contributed by atoms with Gasteiger partial charge in [-0.25, -0.2) is 0 Å². The first kappa shape index (κ1) is 18.7. The first-order valence-corrected chi connectivity index (χ1v) is 6.06. The van der Waals surface area contributed by atoms with Crippen LogP contribution in [0, 0.1) is 0 Å². The van der Waals surface area contributed by atoms with Gasteiger partial charge in [0.05, 0.1) is 5.57 Å². The fourth-order valence-corrected chi connectivity index (χ4v) is 1.57. The average Bonchev–Trinajstić information content (AvgIpc) is 2.41. The minimum atomic E-state index is -5.59. The van der Waals surface area contributed by atoms with Crippen LogP contribution in [0.3, 0.4) is 0 Å². The van der Waals surface area contributed by atoms with E-state index in [1.54, 1.807) is 19.0 Å². The SMILES string of the molecule is CN(C)c1ccc(C=C(C(=O)C(F)(F)F)C(=O)C(F)(F)F)cc1. The molecule has 0 aliphatic heterocycles. The molecule has 0 bridgehead atoms. The van der Waals surface area contributed by atoms with Crippen molar-refractivity contribution in [3.63, 3.8) is 0 Å². The molecule has 9 heteroatoms. The summed E-state index contributed by atoms with van der Waals surface area (Å²) in [5.41, 5.74) is -1.48. The fraction of sp³-hybridized carbons (Fsp3) is 0.286. The van der Waals surface area contributed by atoms with Crippen molar-refractivity contribution in [1.29, 1.82) is 0 Å². The molecule has 0 spiro atoms. The molecule has 0 aliphatic rings. The van der Waals surface area contributed by atoms with Crippen molar-refractivity contribution in [3.8, 4) is 0 Å². The lowest BCUT2D eigenvalue weighted by Gasteiger charge is -2.13. The number of nitrogens with zero attached hydrogens (tertiary/aromatic N) is 1. The van der Waals surface area contributed by atoms with Crippen molar-refractivity contribution in [2.24, 2.45) is 0 Å². The van der Waals surface area contributed by atoms with Crippen LogP contribution in [0.2, 0.25) is 0 Å². The zero-order valence-electron chi connectivity index (χ0n) is 11.9. The Labute approximate surface area is 127 Å². The second-order valence-corrected chi connectivity index (χ2v) is 4.70. The van der Waals surface area contributed by atoms with Crippen LogP contribution >= 0.6 is 0 Å². The Balaban J connectivity index is 3.34. The van der Waals surface area contributed by atoms with Crippen LogP contribution in [0.15, 0.2) is 29.8 Å². The third-order valence-electron chi connectivity index (χ3n) is 2.72. The maximum atomic E-state index is 12.4. The van der Waals surface area contributed by atoms with Crippen LogP contribution < -0.4 is 4.90 Å². The Bertz CT molecular complexity index is 598. The summed E-state index contributed by atoms with van der Waals surface area (Å²) in [6.07, 6.45) is -10.9. The van der Waals surface area contributed by atoms with Crippen molar-refractivity contribution in [1.82, 2.24) is 0 Å². The minimum absolute atomic E-state index is 0.138. The van der Waals surface area contributed by atoms with E-state index < -0.39 is 29.5 Å². The smallest absolute Gasteiger partial charge is 0.378 e. The molecule has 0 aromatic heterocycles. The quantitative estimate of drug-likeness (QED) is 0.365. The number of anilines is 1. The molecule has 0 unspecified atom stereocenters. The second kappa shape index (κ2) is 6.43. The Kier molecular flexibility index (Phi) is 5.24. The van der Waals surface area contributed by atoms with Gasteiger partial charge in [0.1, 0.15) is 0 Å². The lowest BCUT2D eigenvalue weighted by molar-refractivity contribution is -0.175. The zero-order chi connectivity index (χ0) is 18.0. The number of benzene rings is 1. The van der Waals surface area contributed by atoms with Crippen LogP contribution in [0.5, 0.6) is 0 Å². The first-order valence-electron chi connectivity index (χ1n) is 6.06. The van der Waals surface area contributed by atoms with E-state index in [9.17, 15) is 35.9 Å². The number of carbonyl (C=O) groups is 2. The monoisotopic (exact) mass is 339 g/mol. The molecule has 0 saturated carbocycles. The summed E-state index contributed by atoms with van der Waals surface area (Å²) in [5, 5.41) is 0. The molecule has 1 aromatic carbocycles. The van der Waals surface area contributed by atoms with Gasteiger partial charge in [0, 0.05) is 19.8 Å². The highest BCUT2D eigenvalue weighted by Gasteiger charge is 2.50. The number of hydrogen-bond acceptors (Lipinski definition) is 3. The van der Waals surface area contributed by atoms with Crippen LogP contribution in [-0.2, 0) is 9.59 Å². The molecule has 1 aromatic rings. The average molecular weight is 339 g/mol. The predicted octanol–water partition coefficient (Wildman–Crippen LogP) is 3.40. The van der Waals surface area contributed by atoms with Crippen LogP contribution in [-0.4, -0.2) is 38.0 Å². The van der Waals surface area contributed by atoms with Crippen molar-refractivity contribution in [2.45, 2.75) is 12.4 Å². The van der Waals surface area contributed by atoms with E-state index in [2.05, 4.69) is 0 Å². The Morgan fingerprint density at radius 2 is 1.26 bits per heavy atom. The molecule has 0 saturated heterocycles. The highest BCUT2D eigenvalue weighted by molar-refractivity contribution is 6.26. The molecule has 3 nitrogen and oxygen atoms in total. The number of hydrogen-bond donors (Lipinski definition) is 0. The maximum absolute atomic E-state index is 12.4. The van der Waals surface area contributed by atoms with Crippen molar-refractivity contribution in [3.05, 3.63) is 35.4 Å². The number of rotatable bonds is 4. The largest absolute Gasteiger partial charge is 0.455 e. The summed E-state index contributed by atoms with van der Waals surface area (Å²) in [4.78, 5) is 23.9. The van der Waals surface area contributed by atoms with E-state index in [4.69, 9.17) is 0 Å². The highest BCUT2D eigenvalue weighted by Crippen LogP contribution is 2.29. The van der Waals surface area contributed by atoms with Crippen LogP contribution in [0.1, 0.15) is 5.56 Å². The molecule has 0 heterocycles. The molecule has 0 amide bonds. The van der Waals surface area contributed by atoms with Crippen LogP contribution in [0.4, 0.5) is 32.0 Å². The van der Waals surface area contributed by atoms with Gasteiger partial charge in [-0.05, 0) is 23.8 Å². The van der Waals surface area contributed by atoms with Gasteiger partial charge in [0.15, 0.2) is 0 Å². The lowest BCUT2D eigenvalue weighted by atomic mass is 10.0. The molecule has 0 atom stereocenters. The molecule has 126 valence electrons. The van der Waals surface area contributed by atoms with Crippen LogP contribution in [0.25, 0.3) is 6.08 Å². The number of allylic oxidation sites excluding steroid dienone is 1. The number of alkyl halides is 6. The van der Waals surface area contributed by atoms with Crippen molar-refractivity contribution >= 4 is 23.3 Å². The molecular formula is C14H11F6NO2. The molecule has 0 radical (unpaired) electrons. The Hall–Kier alpha value is -2.32. The number of ketones is 2. The minimum Gasteiger partial charge on any atom is -0.378 e. The summed E-state index contributed by atoms with van der Waals surface area (Å²) in [6.45, 7) is 0. The Morgan fingerprint density at radius 1 is 0.870 bits per heavy atom. The zero-order valence-corrected chi connectivity index (χ0v) is 11.9. The third-order valence-corrected chi connectivity index (χ3v) is 2.72. The third kappa shape index (κ3) is 4.83. The van der Waals surface area contributed by atoms with E-state index in [-0.39, 0.29) is 11.6 Å². The van der Waals surface area contributed by atoms with Gasteiger partial charge >= 0.3 is 12.4 Å². The summed E-state index contributed by atoms with van der Waals surface area (Å²) < 4.78 is 74.4. The van der Waals surface area contributed by atoms with Gasteiger partial charge in [-0.15, -0.1) is 0 Å². The standard InChI is InChI=1S/C14H11F6NO2/c1-21(2)9-5-3-8(4-6-9)7-10(11(22)13(15,16)17)12(23)14(18,19)20/h3-7H,1-2H3. The molecule has 0 N–H and O–H groups in total. The lowest BCUT2D eigenvalue weighted by Crippen LogP contribution is -2.34. The van der Waals surface area contributed by atoms with Gasteiger partial charge in [-0.3, -0.25) is 9.59 Å². The normalized spacial score (nSPS) is 11.8. The van der Waals surface area contributed by atoms with Gasteiger partial charge < -0.3 is 4.90 Å². The number of Topliss-reactive ketones (excluding diaryl/α,β-unsaturated/α-hetero) is 2. The van der Waals surface area contributed by atoms with Gasteiger partial charge in [-0.1, -0.05) is 12.1 Å². The highest BCUT2D eigenvalue weighted by atomic mass is 19.4. The predicted molar refractivity (Wildman–Crippen MR) is 70.9 cm³/mol. The Morgan fingerprint density at radius 3 is 1.57 bits per heavy atom. The maximum Gasteiger partial charge on any atom is 0.455 e. The van der Waals surface area contributed by atoms with Crippen molar-refractivity contribution in [2.75, 3.05) is 19.0 Å². The number of halogens is 6. The summed E-state index contributed by atoms with van der Waals surface area (Å²) in [5.74, 6) is -5.67. The van der Waals surface area contributed by atoms with Gasteiger partial charge in [0.2, 0.25) is 0 Å². The fourth-order valence-electron chi connectivity index (χ4n) is 1.57. The number of carbonyl (C=O) groups excluding carboxylic acids is 2. The summed E-state index contributed by atoms with van der Waals surface area (Å²) >= 11 is 0. The molecule has 1 rings (SSSR count). The van der Waals surface area contributed by atoms with Gasteiger partial charge in [-0.2, -0.15) is 26.3 Å². The van der Waals surface area contributed by atoms with E-state index in [1.165, 1.54) is 24.3 Å². The van der Waals surface area contributed by atoms with Crippen molar-refractivity contribution < 1.29 is 35.9 Å². The molecular weight excluding hydrogens is 328 g/mol. The van der Waals surface area contributed by atoms with E-state index in [1.807, 2.05) is 0 Å². The topological polar surface area (TPSA) is 37.4 Å². The van der Waals surface area contributed by atoms with E-state index in [0.717, 1.165) is 0 Å². The summed E-state index contributed by atoms with van der Waals surface area (Å²) in [7, 11) is 3.35. The molecule has 23 heavy (non-hydrogen) atoms. The molecule has 0 aliphatic carbocycles.